The number of nitro benzene ring substituents is 1. The minimum absolute atomic E-state index is 0.0825. The number of aromatic nitrogens is 2. The molecule has 0 amide bonds. The maximum absolute atomic E-state index is 10.8. The van der Waals surface area contributed by atoms with E-state index in [4.69, 9.17) is 0 Å². The monoisotopic (exact) mass is 232 g/mol. The Balaban J connectivity index is 2.19. The quantitative estimate of drug-likeness (QED) is 0.625. The van der Waals surface area contributed by atoms with Crippen LogP contribution in [0.3, 0.4) is 0 Å². The lowest BCUT2D eigenvalue weighted by Gasteiger charge is -2.06. The molecule has 0 saturated heterocycles. The van der Waals surface area contributed by atoms with Crippen molar-refractivity contribution < 1.29 is 4.92 Å². The molecule has 0 aliphatic heterocycles. The van der Waals surface area contributed by atoms with Crippen LogP contribution < -0.4 is 5.32 Å². The highest BCUT2D eigenvalue weighted by Crippen LogP contribution is 2.25. The van der Waals surface area contributed by atoms with Crippen LogP contribution in [0, 0.1) is 17.0 Å². The van der Waals surface area contributed by atoms with Gasteiger partial charge < -0.3 is 5.32 Å². The van der Waals surface area contributed by atoms with Gasteiger partial charge in [0.2, 0.25) is 0 Å². The summed E-state index contributed by atoms with van der Waals surface area (Å²) in [5.41, 5.74) is 2.53. The zero-order chi connectivity index (χ0) is 12.3. The van der Waals surface area contributed by atoms with E-state index < -0.39 is 4.92 Å². The van der Waals surface area contributed by atoms with Crippen molar-refractivity contribution in [2.45, 2.75) is 13.5 Å². The summed E-state index contributed by atoms with van der Waals surface area (Å²) in [5.74, 6) is 0. The molecule has 17 heavy (non-hydrogen) atoms. The lowest BCUT2D eigenvalue weighted by Crippen LogP contribution is -2.02. The maximum atomic E-state index is 10.8. The maximum Gasteiger partial charge on any atom is 0.292 e. The van der Waals surface area contributed by atoms with Crippen LogP contribution in [0.5, 0.6) is 0 Å². The summed E-state index contributed by atoms with van der Waals surface area (Å²) in [6.07, 6.45) is 3.42. The Kier molecular flexibility index (Phi) is 3.04. The van der Waals surface area contributed by atoms with Crippen LogP contribution in [-0.2, 0) is 6.54 Å². The van der Waals surface area contributed by atoms with E-state index in [9.17, 15) is 10.1 Å². The van der Waals surface area contributed by atoms with Crippen molar-refractivity contribution in [2.75, 3.05) is 5.32 Å². The molecule has 88 valence electrons. The summed E-state index contributed by atoms with van der Waals surface area (Å²) in [6, 6.07) is 4.99. The molecule has 0 saturated carbocycles. The van der Waals surface area contributed by atoms with Gasteiger partial charge >= 0.3 is 0 Å². The number of hydrogen-bond acceptors (Lipinski definition) is 4. The number of nitro groups is 1. The van der Waals surface area contributed by atoms with Gasteiger partial charge in [-0.05, 0) is 18.6 Å². The van der Waals surface area contributed by atoms with Gasteiger partial charge in [0, 0.05) is 24.4 Å². The van der Waals surface area contributed by atoms with Gasteiger partial charge in [0.1, 0.15) is 5.69 Å². The fourth-order valence-corrected chi connectivity index (χ4v) is 1.52. The first kappa shape index (κ1) is 11.1. The predicted molar refractivity (Wildman–Crippen MR) is 63.7 cm³/mol. The molecular formula is C11H12N4O2. The normalized spacial score (nSPS) is 10.2. The van der Waals surface area contributed by atoms with E-state index in [2.05, 4.69) is 15.5 Å². The molecule has 2 N–H and O–H groups in total. The fraction of sp³-hybridized carbons (Fsp3) is 0.182. The van der Waals surface area contributed by atoms with Gasteiger partial charge in [-0.15, -0.1) is 0 Å². The smallest absolute Gasteiger partial charge is 0.292 e. The summed E-state index contributed by atoms with van der Waals surface area (Å²) in [7, 11) is 0. The predicted octanol–water partition coefficient (Wildman–Crippen LogP) is 2.24. The van der Waals surface area contributed by atoms with Crippen molar-refractivity contribution in [3.05, 3.63) is 51.8 Å². The minimum atomic E-state index is -0.392. The minimum Gasteiger partial charge on any atom is -0.375 e. The van der Waals surface area contributed by atoms with Crippen molar-refractivity contribution >= 4 is 11.4 Å². The van der Waals surface area contributed by atoms with Crippen LogP contribution in [0.2, 0.25) is 0 Å². The second kappa shape index (κ2) is 4.65. The zero-order valence-corrected chi connectivity index (χ0v) is 9.30. The number of nitrogens with one attached hydrogen (secondary N) is 2. The fourth-order valence-electron chi connectivity index (χ4n) is 1.52. The highest BCUT2D eigenvalue weighted by molar-refractivity contribution is 5.62. The molecule has 0 aliphatic rings. The van der Waals surface area contributed by atoms with Crippen molar-refractivity contribution in [1.82, 2.24) is 10.2 Å². The van der Waals surface area contributed by atoms with Crippen LogP contribution in [0.1, 0.15) is 11.1 Å². The molecule has 1 heterocycles. The van der Waals surface area contributed by atoms with Crippen LogP contribution in [0.15, 0.2) is 30.6 Å². The Labute approximate surface area is 97.8 Å². The molecule has 0 unspecified atom stereocenters. The summed E-state index contributed by atoms with van der Waals surface area (Å²) < 4.78 is 0. The van der Waals surface area contributed by atoms with E-state index in [1.165, 1.54) is 6.07 Å². The second-order valence-corrected chi connectivity index (χ2v) is 3.74. The number of aryl methyl sites for hydroxylation is 1. The zero-order valence-electron chi connectivity index (χ0n) is 9.30. The van der Waals surface area contributed by atoms with Crippen LogP contribution in [-0.4, -0.2) is 15.1 Å². The van der Waals surface area contributed by atoms with E-state index in [0.29, 0.717) is 12.2 Å². The molecule has 1 aromatic carbocycles. The Morgan fingerprint density at radius 2 is 2.35 bits per heavy atom. The molecule has 0 fully saturated rings. The Morgan fingerprint density at radius 3 is 3.00 bits per heavy atom. The first-order chi connectivity index (χ1) is 8.16. The molecule has 0 radical (unpaired) electrons. The molecule has 0 spiro atoms. The summed E-state index contributed by atoms with van der Waals surface area (Å²) >= 11 is 0. The first-order valence-electron chi connectivity index (χ1n) is 5.13. The van der Waals surface area contributed by atoms with Crippen molar-refractivity contribution in [3.8, 4) is 0 Å². The topological polar surface area (TPSA) is 83.8 Å². The van der Waals surface area contributed by atoms with Crippen molar-refractivity contribution in [2.24, 2.45) is 0 Å². The standard InChI is InChI=1S/C11H12N4O2/c1-8-2-3-11(15(16)17)10(4-8)12-5-9-6-13-14-7-9/h2-4,6-7,12H,5H2,1H3,(H,13,14). The third-order valence-corrected chi connectivity index (χ3v) is 2.39. The molecule has 6 heteroatoms. The molecule has 0 atom stereocenters. The summed E-state index contributed by atoms with van der Waals surface area (Å²) in [6.45, 7) is 2.40. The van der Waals surface area contributed by atoms with Gasteiger partial charge in [0.15, 0.2) is 0 Å². The Hall–Kier alpha value is -2.37. The van der Waals surface area contributed by atoms with Gasteiger partial charge in [0.25, 0.3) is 5.69 Å². The second-order valence-electron chi connectivity index (χ2n) is 3.74. The number of benzene rings is 1. The summed E-state index contributed by atoms with van der Waals surface area (Å²) in [4.78, 5) is 10.4. The van der Waals surface area contributed by atoms with Crippen LogP contribution in [0.4, 0.5) is 11.4 Å². The lowest BCUT2D eigenvalue weighted by atomic mass is 10.2. The van der Waals surface area contributed by atoms with Crippen LogP contribution in [0.25, 0.3) is 0 Å². The molecule has 1 aromatic heterocycles. The third kappa shape index (κ3) is 2.60. The number of nitrogens with zero attached hydrogens (tertiary/aromatic N) is 2. The Bertz CT molecular complexity index is 522. The third-order valence-electron chi connectivity index (χ3n) is 2.39. The largest absolute Gasteiger partial charge is 0.375 e. The number of aromatic amines is 1. The Morgan fingerprint density at radius 1 is 1.53 bits per heavy atom. The molecule has 6 nitrogen and oxygen atoms in total. The average Bonchev–Trinajstić information content (AvgIpc) is 2.78. The number of H-pyrrole nitrogens is 1. The first-order valence-corrected chi connectivity index (χ1v) is 5.13. The van der Waals surface area contributed by atoms with Gasteiger partial charge in [0.05, 0.1) is 11.1 Å². The number of hydrogen-bond donors (Lipinski definition) is 2. The highest BCUT2D eigenvalue weighted by Gasteiger charge is 2.12. The van der Waals surface area contributed by atoms with Crippen molar-refractivity contribution in [1.29, 1.82) is 0 Å². The van der Waals surface area contributed by atoms with E-state index in [1.54, 1.807) is 24.5 Å². The van der Waals surface area contributed by atoms with Gasteiger partial charge in [-0.25, -0.2) is 0 Å². The van der Waals surface area contributed by atoms with Crippen molar-refractivity contribution in [3.63, 3.8) is 0 Å². The van der Waals surface area contributed by atoms with E-state index in [0.717, 1.165) is 11.1 Å². The van der Waals surface area contributed by atoms with Gasteiger partial charge in [-0.1, -0.05) is 6.07 Å². The lowest BCUT2D eigenvalue weighted by molar-refractivity contribution is -0.384. The van der Waals surface area contributed by atoms with E-state index in [1.807, 2.05) is 6.92 Å². The molecule has 0 bridgehead atoms. The van der Waals surface area contributed by atoms with E-state index in [-0.39, 0.29) is 5.69 Å². The molecule has 2 aromatic rings. The number of anilines is 1. The van der Waals surface area contributed by atoms with Gasteiger partial charge in [-0.2, -0.15) is 5.10 Å². The highest BCUT2D eigenvalue weighted by atomic mass is 16.6. The van der Waals surface area contributed by atoms with Gasteiger partial charge in [-0.3, -0.25) is 15.2 Å². The molecular weight excluding hydrogens is 220 g/mol. The molecule has 0 aliphatic carbocycles. The van der Waals surface area contributed by atoms with E-state index >= 15 is 0 Å². The van der Waals surface area contributed by atoms with Crippen LogP contribution >= 0.6 is 0 Å². The number of rotatable bonds is 4. The summed E-state index contributed by atoms with van der Waals surface area (Å²) in [5, 5.41) is 20.4. The molecule has 2 rings (SSSR count). The SMILES string of the molecule is Cc1ccc([N+](=O)[O-])c(NCc2cn[nH]c2)c1. The average molecular weight is 232 g/mol.